The van der Waals surface area contributed by atoms with Crippen molar-refractivity contribution in [3.05, 3.63) is 41.2 Å². The summed E-state index contributed by atoms with van der Waals surface area (Å²) in [6.07, 6.45) is 2.25. The van der Waals surface area contributed by atoms with E-state index in [0.717, 1.165) is 16.9 Å². The summed E-state index contributed by atoms with van der Waals surface area (Å²) < 4.78 is 0. The van der Waals surface area contributed by atoms with Crippen LogP contribution in [0.1, 0.15) is 22.4 Å². The number of anilines is 1. The number of carbonyl (C=O) groups excluding carboxylic acids is 1. The molecule has 6 nitrogen and oxygen atoms in total. The number of nitrogens with zero attached hydrogens (tertiary/aromatic N) is 4. The molecule has 3 aromatic rings. The third-order valence-corrected chi connectivity index (χ3v) is 3.65. The quantitative estimate of drug-likeness (QED) is 0.798. The van der Waals surface area contributed by atoms with Gasteiger partial charge >= 0.3 is 0 Å². The Kier molecular flexibility index (Phi) is 3.34. The molecule has 0 aliphatic heterocycles. The van der Waals surface area contributed by atoms with E-state index in [1.54, 1.807) is 0 Å². The van der Waals surface area contributed by atoms with E-state index in [9.17, 15) is 4.79 Å². The van der Waals surface area contributed by atoms with Crippen LogP contribution in [0.25, 0.3) is 11.0 Å². The number of carbonyl (C=O) groups is 1. The highest BCUT2D eigenvalue weighted by atomic mass is 32.1. The molecule has 1 amide bonds. The predicted octanol–water partition coefficient (Wildman–Crippen LogP) is 2.30. The Bertz CT molecular complexity index is 770. The Morgan fingerprint density at radius 1 is 1.25 bits per heavy atom. The van der Waals surface area contributed by atoms with Crippen LogP contribution in [0.5, 0.6) is 0 Å². The molecule has 0 fully saturated rings. The number of hydrogen-bond donors (Lipinski definition) is 1. The first-order chi connectivity index (χ1) is 9.76. The number of benzene rings is 1. The average Bonchev–Trinajstić information content (AvgIpc) is 2.94. The molecule has 2 aromatic heterocycles. The van der Waals surface area contributed by atoms with Gasteiger partial charge in [0.25, 0.3) is 5.91 Å². The molecule has 3 rings (SSSR count). The largest absolute Gasteiger partial charge is 0.295 e. The zero-order valence-corrected chi connectivity index (χ0v) is 11.5. The molecular formula is C13H11N5OS. The Labute approximate surface area is 118 Å². The van der Waals surface area contributed by atoms with Gasteiger partial charge in [-0.1, -0.05) is 30.4 Å². The van der Waals surface area contributed by atoms with E-state index in [0.29, 0.717) is 10.6 Å². The van der Waals surface area contributed by atoms with E-state index < -0.39 is 0 Å². The van der Waals surface area contributed by atoms with Crippen LogP contribution in [-0.2, 0) is 6.42 Å². The molecule has 0 atom stereocenters. The van der Waals surface area contributed by atoms with E-state index in [-0.39, 0.29) is 11.6 Å². The molecule has 100 valence electrons. The normalized spacial score (nSPS) is 10.7. The highest BCUT2D eigenvalue weighted by Gasteiger charge is 2.12. The lowest BCUT2D eigenvalue weighted by Gasteiger charge is -2.01. The van der Waals surface area contributed by atoms with Crippen LogP contribution in [0.15, 0.2) is 30.5 Å². The smallest absolute Gasteiger partial charge is 0.277 e. The SMILES string of the molecule is CCc1nnc(NC(=O)c2cnc3ccccc3n2)s1. The molecule has 2 heterocycles. The van der Waals surface area contributed by atoms with Crippen molar-refractivity contribution >= 4 is 33.4 Å². The lowest BCUT2D eigenvalue weighted by Crippen LogP contribution is -2.14. The summed E-state index contributed by atoms with van der Waals surface area (Å²) in [5.74, 6) is -0.331. The number of aromatic nitrogens is 4. The highest BCUT2D eigenvalue weighted by molar-refractivity contribution is 7.15. The number of amides is 1. The molecule has 0 radical (unpaired) electrons. The van der Waals surface area contributed by atoms with E-state index in [2.05, 4.69) is 25.5 Å². The molecule has 0 bridgehead atoms. The Hall–Kier alpha value is -2.41. The molecule has 1 aromatic carbocycles. The fourth-order valence-corrected chi connectivity index (χ4v) is 2.35. The second-order valence-corrected chi connectivity index (χ2v) is 5.11. The van der Waals surface area contributed by atoms with E-state index in [1.807, 2.05) is 31.2 Å². The van der Waals surface area contributed by atoms with Crippen molar-refractivity contribution < 1.29 is 4.79 Å². The minimum atomic E-state index is -0.331. The van der Waals surface area contributed by atoms with Gasteiger partial charge in [-0.3, -0.25) is 15.1 Å². The van der Waals surface area contributed by atoms with Crippen molar-refractivity contribution in [1.29, 1.82) is 0 Å². The minimum Gasteiger partial charge on any atom is -0.295 e. The second kappa shape index (κ2) is 5.30. The lowest BCUT2D eigenvalue weighted by molar-refractivity contribution is 0.102. The number of hydrogen-bond acceptors (Lipinski definition) is 6. The Morgan fingerprint density at radius 3 is 2.80 bits per heavy atom. The van der Waals surface area contributed by atoms with Gasteiger partial charge < -0.3 is 0 Å². The van der Waals surface area contributed by atoms with Gasteiger partial charge in [-0.25, -0.2) is 4.98 Å². The maximum absolute atomic E-state index is 12.1. The summed E-state index contributed by atoms with van der Waals surface area (Å²) in [5, 5.41) is 11.9. The predicted molar refractivity (Wildman–Crippen MR) is 76.8 cm³/mol. The van der Waals surface area contributed by atoms with E-state index >= 15 is 0 Å². The van der Waals surface area contributed by atoms with Gasteiger partial charge in [-0.05, 0) is 18.6 Å². The van der Waals surface area contributed by atoms with Crippen LogP contribution in [0.3, 0.4) is 0 Å². The summed E-state index contributed by atoms with van der Waals surface area (Å²) in [4.78, 5) is 20.6. The Morgan fingerprint density at radius 2 is 2.05 bits per heavy atom. The van der Waals surface area contributed by atoms with Gasteiger partial charge in [0.1, 0.15) is 10.7 Å². The topological polar surface area (TPSA) is 80.7 Å². The summed E-state index contributed by atoms with van der Waals surface area (Å²) in [7, 11) is 0. The monoisotopic (exact) mass is 285 g/mol. The first-order valence-corrected chi connectivity index (χ1v) is 6.93. The third kappa shape index (κ3) is 2.48. The molecule has 0 saturated heterocycles. The van der Waals surface area contributed by atoms with Crippen molar-refractivity contribution in [2.45, 2.75) is 13.3 Å². The fraction of sp³-hybridized carbons (Fsp3) is 0.154. The molecular weight excluding hydrogens is 274 g/mol. The van der Waals surface area contributed by atoms with Crippen LogP contribution in [0, 0.1) is 0 Å². The van der Waals surface area contributed by atoms with Crippen LogP contribution >= 0.6 is 11.3 Å². The number of nitrogens with one attached hydrogen (secondary N) is 1. The van der Waals surface area contributed by atoms with Crippen LogP contribution < -0.4 is 5.32 Å². The van der Waals surface area contributed by atoms with Crippen molar-refractivity contribution in [1.82, 2.24) is 20.2 Å². The van der Waals surface area contributed by atoms with Gasteiger partial charge in [0, 0.05) is 0 Å². The lowest BCUT2D eigenvalue weighted by atomic mass is 10.3. The van der Waals surface area contributed by atoms with Crippen molar-refractivity contribution in [3.63, 3.8) is 0 Å². The van der Waals surface area contributed by atoms with Crippen LogP contribution in [-0.4, -0.2) is 26.1 Å². The zero-order chi connectivity index (χ0) is 13.9. The maximum atomic E-state index is 12.1. The molecule has 20 heavy (non-hydrogen) atoms. The molecule has 0 aliphatic rings. The van der Waals surface area contributed by atoms with Gasteiger partial charge in [0.15, 0.2) is 0 Å². The fourth-order valence-electron chi connectivity index (χ4n) is 1.67. The van der Waals surface area contributed by atoms with Crippen molar-refractivity contribution in [3.8, 4) is 0 Å². The van der Waals surface area contributed by atoms with E-state index in [1.165, 1.54) is 17.5 Å². The van der Waals surface area contributed by atoms with Gasteiger partial charge in [-0.2, -0.15) is 0 Å². The molecule has 0 spiro atoms. The maximum Gasteiger partial charge on any atom is 0.277 e. The van der Waals surface area contributed by atoms with Crippen molar-refractivity contribution in [2.75, 3.05) is 5.32 Å². The number of rotatable bonds is 3. The minimum absolute atomic E-state index is 0.261. The molecule has 0 aliphatic carbocycles. The number of fused-ring (bicyclic) bond motifs is 1. The average molecular weight is 285 g/mol. The molecule has 0 unspecified atom stereocenters. The van der Waals surface area contributed by atoms with Gasteiger partial charge in [-0.15, -0.1) is 10.2 Å². The van der Waals surface area contributed by atoms with Gasteiger partial charge in [0.05, 0.1) is 17.2 Å². The number of para-hydroxylation sites is 2. The number of aryl methyl sites for hydroxylation is 1. The first-order valence-electron chi connectivity index (χ1n) is 6.12. The summed E-state index contributed by atoms with van der Waals surface area (Å²) in [6.45, 7) is 1.99. The summed E-state index contributed by atoms with van der Waals surface area (Å²) >= 11 is 1.36. The third-order valence-electron chi connectivity index (χ3n) is 2.67. The first kappa shape index (κ1) is 12.6. The molecule has 1 N–H and O–H groups in total. The Balaban J connectivity index is 1.84. The summed E-state index contributed by atoms with van der Waals surface area (Å²) in [5.41, 5.74) is 1.71. The zero-order valence-electron chi connectivity index (χ0n) is 10.7. The van der Waals surface area contributed by atoms with Crippen LogP contribution in [0.2, 0.25) is 0 Å². The highest BCUT2D eigenvalue weighted by Crippen LogP contribution is 2.16. The molecule has 0 saturated carbocycles. The summed E-state index contributed by atoms with van der Waals surface area (Å²) in [6, 6.07) is 7.41. The van der Waals surface area contributed by atoms with Gasteiger partial charge in [0.2, 0.25) is 5.13 Å². The van der Waals surface area contributed by atoms with Crippen molar-refractivity contribution in [2.24, 2.45) is 0 Å². The van der Waals surface area contributed by atoms with Crippen LogP contribution in [0.4, 0.5) is 5.13 Å². The molecule has 7 heteroatoms. The van der Waals surface area contributed by atoms with E-state index in [4.69, 9.17) is 0 Å². The second-order valence-electron chi connectivity index (χ2n) is 4.05. The standard InChI is InChI=1S/C13H11N5OS/c1-2-11-17-18-13(20-11)16-12(19)10-7-14-8-5-3-4-6-9(8)15-10/h3-7H,2H2,1H3,(H,16,18,19).